The summed E-state index contributed by atoms with van der Waals surface area (Å²) in [4.78, 5) is 29.6. The van der Waals surface area contributed by atoms with Crippen molar-refractivity contribution in [2.24, 2.45) is 0 Å². The molecular formula is C11H15N3O2S. The summed E-state index contributed by atoms with van der Waals surface area (Å²) in [6.45, 7) is 5.34. The van der Waals surface area contributed by atoms with Crippen molar-refractivity contribution in [2.75, 3.05) is 0 Å². The second kappa shape index (κ2) is 4.44. The molecular weight excluding hydrogens is 238 g/mol. The molecule has 92 valence electrons. The lowest BCUT2D eigenvalue weighted by Crippen LogP contribution is -2.61. The molecule has 1 aromatic rings. The van der Waals surface area contributed by atoms with Gasteiger partial charge in [-0.1, -0.05) is 0 Å². The summed E-state index contributed by atoms with van der Waals surface area (Å²) in [6.07, 6.45) is 1.71. The summed E-state index contributed by atoms with van der Waals surface area (Å²) in [6, 6.07) is -1.07. The number of aromatic nitrogens is 1. The number of hydrogen-bond donors (Lipinski definition) is 1. The fourth-order valence-electron chi connectivity index (χ4n) is 2.02. The number of rotatable bonds is 2. The lowest BCUT2D eigenvalue weighted by atomic mass is 10.1. The number of hydrogen-bond acceptors (Lipinski definition) is 4. The molecule has 1 aromatic heterocycles. The molecule has 5 nitrogen and oxygen atoms in total. The van der Waals surface area contributed by atoms with Crippen molar-refractivity contribution in [2.45, 2.75) is 38.9 Å². The first-order valence-corrected chi connectivity index (χ1v) is 6.42. The van der Waals surface area contributed by atoms with Gasteiger partial charge in [-0.15, -0.1) is 11.3 Å². The van der Waals surface area contributed by atoms with E-state index in [0.717, 1.165) is 5.01 Å². The first-order chi connectivity index (χ1) is 8.02. The van der Waals surface area contributed by atoms with Gasteiger partial charge in [0.25, 0.3) is 0 Å². The minimum absolute atomic E-state index is 0.0557. The van der Waals surface area contributed by atoms with Gasteiger partial charge in [0, 0.05) is 11.6 Å². The van der Waals surface area contributed by atoms with Crippen molar-refractivity contribution in [3.05, 3.63) is 16.6 Å². The van der Waals surface area contributed by atoms with Gasteiger partial charge in [0.05, 0.1) is 6.04 Å². The van der Waals surface area contributed by atoms with Crippen molar-refractivity contribution in [3.8, 4) is 0 Å². The summed E-state index contributed by atoms with van der Waals surface area (Å²) >= 11 is 1.49. The lowest BCUT2D eigenvalue weighted by Gasteiger charge is -2.39. The largest absolute Gasteiger partial charge is 0.343 e. The highest BCUT2D eigenvalue weighted by Gasteiger charge is 2.39. The van der Waals surface area contributed by atoms with Crippen LogP contribution in [-0.2, 0) is 9.59 Å². The molecule has 2 heterocycles. The van der Waals surface area contributed by atoms with Crippen LogP contribution in [0.2, 0.25) is 0 Å². The zero-order valence-corrected chi connectivity index (χ0v) is 10.8. The summed E-state index contributed by atoms with van der Waals surface area (Å²) in [7, 11) is 0. The third-order valence-corrected chi connectivity index (χ3v) is 3.95. The van der Waals surface area contributed by atoms with E-state index in [0.29, 0.717) is 0 Å². The molecule has 1 aliphatic rings. The first kappa shape index (κ1) is 12.0. The first-order valence-electron chi connectivity index (χ1n) is 5.54. The average molecular weight is 253 g/mol. The number of nitrogens with one attached hydrogen (secondary N) is 1. The molecule has 6 heteroatoms. The molecule has 1 fully saturated rings. The Morgan fingerprint density at radius 2 is 2.18 bits per heavy atom. The number of carbonyl (C=O) groups excluding carboxylic acids is 2. The second-order valence-corrected chi connectivity index (χ2v) is 5.12. The third kappa shape index (κ3) is 2.04. The van der Waals surface area contributed by atoms with E-state index in [2.05, 4.69) is 10.3 Å². The maximum atomic E-state index is 12.1. The minimum atomic E-state index is -0.457. The number of piperazine rings is 1. The molecule has 1 aliphatic heterocycles. The van der Waals surface area contributed by atoms with E-state index in [9.17, 15) is 9.59 Å². The molecule has 3 unspecified atom stereocenters. The monoisotopic (exact) mass is 253 g/mol. The van der Waals surface area contributed by atoms with Crippen molar-refractivity contribution in [1.29, 1.82) is 0 Å². The fourth-order valence-corrected chi connectivity index (χ4v) is 2.72. The van der Waals surface area contributed by atoms with Crippen LogP contribution in [0.25, 0.3) is 0 Å². The van der Waals surface area contributed by atoms with Crippen LogP contribution in [0.3, 0.4) is 0 Å². The predicted octanol–water partition coefficient (Wildman–Crippen LogP) is 0.939. The van der Waals surface area contributed by atoms with Crippen LogP contribution in [0, 0.1) is 0 Å². The molecule has 17 heavy (non-hydrogen) atoms. The van der Waals surface area contributed by atoms with E-state index < -0.39 is 12.1 Å². The predicted molar refractivity (Wildman–Crippen MR) is 64.4 cm³/mol. The Balaban J connectivity index is 2.28. The van der Waals surface area contributed by atoms with Crippen LogP contribution in [0.4, 0.5) is 0 Å². The fraction of sp³-hybridized carbons (Fsp3) is 0.545. The summed E-state index contributed by atoms with van der Waals surface area (Å²) in [5.74, 6) is -0.166. The summed E-state index contributed by atoms with van der Waals surface area (Å²) in [5.41, 5.74) is 0. The molecule has 3 atom stereocenters. The Bertz CT molecular complexity index is 432. The van der Waals surface area contributed by atoms with E-state index in [1.54, 1.807) is 24.9 Å². The minimum Gasteiger partial charge on any atom is -0.343 e. The summed E-state index contributed by atoms with van der Waals surface area (Å²) in [5, 5.41) is 5.39. The molecule has 0 bridgehead atoms. The van der Waals surface area contributed by atoms with Crippen LogP contribution in [0.5, 0.6) is 0 Å². The van der Waals surface area contributed by atoms with Crippen LogP contribution in [0.1, 0.15) is 31.8 Å². The highest BCUT2D eigenvalue weighted by atomic mass is 32.1. The van der Waals surface area contributed by atoms with Crippen LogP contribution >= 0.6 is 11.3 Å². The Labute approximate surface area is 104 Å². The topological polar surface area (TPSA) is 62.3 Å². The molecule has 2 amide bonds. The second-order valence-electron chi connectivity index (χ2n) is 4.20. The molecule has 0 radical (unpaired) electrons. The number of carbonyl (C=O) groups is 2. The number of thiazole rings is 1. The standard InChI is InChI=1S/C11H15N3O2S/c1-6-11(16)14(7(2)9(15)13-6)8(3)10-12-4-5-17-10/h4-8H,1-3H3,(H,13,15). The van der Waals surface area contributed by atoms with Gasteiger partial charge in [-0.25, -0.2) is 4.98 Å². The van der Waals surface area contributed by atoms with E-state index in [1.807, 2.05) is 12.3 Å². The molecule has 2 rings (SSSR count). The summed E-state index contributed by atoms with van der Waals surface area (Å²) < 4.78 is 0. The van der Waals surface area contributed by atoms with Crippen LogP contribution < -0.4 is 5.32 Å². The normalized spacial score (nSPS) is 26.9. The van der Waals surface area contributed by atoms with Crippen molar-refractivity contribution in [3.63, 3.8) is 0 Å². The van der Waals surface area contributed by atoms with Gasteiger partial charge >= 0.3 is 0 Å². The van der Waals surface area contributed by atoms with Gasteiger partial charge in [0.2, 0.25) is 11.8 Å². The van der Waals surface area contributed by atoms with E-state index >= 15 is 0 Å². The van der Waals surface area contributed by atoms with Crippen LogP contribution in [0.15, 0.2) is 11.6 Å². The zero-order chi connectivity index (χ0) is 12.6. The van der Waals surface area contributed by atoms with Gasteiger partial charge in [-0.2, -0.15) is 0 Å². The molecule has 1 saturated heterocycles. The zero-order valence-electron chi connectivity index (χ0n) is 10.0. The SMILES string of the molecule is CC1NC(=O)C(C)N(C(C)c2nccs2)C1=O. The highest BCUT2D eigenvalue weighted by molar-refractivity contribution is 7.09. The van der Waals surface area contributed by atoms with Gasteiger partial charge in [0.1, 0.15) is 17.1 Å². The smallest absolute Gasteiger partial charge is 0.246 e. The van der Waals surface area contributed by atoms with E-state index in [4.69, 9.17) is 0 Å². The molecule has 1 N–H and O–H groups in total. The molecule has 0 spiro atoms. The third-order valence-electron chi connectivity index (χ3n) is 3.01. The van der Waals surface area contributed by atoms with Crippen molar-refractivity contribution in [1.82, 2.24) is 15.2 Å². The van der Waals surface area contributed by atoms with Gasteiger partial charge in [-0.05, 0) is 20.8 Å². The number of nitrogens with zero attached hydrogens (tertiary/aromatic N) is 2. The van der Waals surface area contributed by atoms with Gasteiger partial charge in [-0.3, -0.25) is 9.59 Å². The Morgan fingerprint density at radius 1 is 1.47 bits per heavy atom. The van der Waals surface area contributed by atoms with E-state index in [-0.39, 0.29) is 17.9 Å². The maximum Gasteiger partial charge on any atom is 0.246 e. The van der Waals surface area contributed by atoms with Gasteiger partial charge in [0.15, 0.2) is 0 Å². The van der Waals surface area contributed by atoms with Crippen molar-refractivity contribution < 1.29 is 9.59 Å². The average Bonchev–Trinajstić information content (AvgIpc) is 2.80. The number of amides is 2. The Kier molecular flexibility index (Phi) is 3.15. The lowest BCUT2D eigenvalue weighted by molar-refractivity contribution is -0.150. The van der Waals surface area contributed by atoms with E-state index in [1.165, 1.54) is 11.3 Å². The maximum absolute atomic E-state index is 12.1. The quantitative estimate of drug-likeness (QED) is 0.853. The van der Waals surface area contributed by atoms with Crippen molar-refractivity contribution >= 4 is 23.2 Å². The molecule has 0 saturated carbocycles. The Hall–Kier alpha value is -1.43. The van der Waals surface area contributed by atoms with Gasteiger partial charge < -0.3 is 10.2 Å². The molecule has 0 aromatic carbocycles. The highest BCUT2D eigenvalue weighted by Crippen LogP contribution is 2.26. The Morgan fingerprint density at radius 3 is 2.76 bits per heavy atom. The molecule has 0 aliphatic carbocycles. The van der Waals surface area contributed by atoms with Crippen LogP contribution in [-0.4, -0.2) is 33.8 Å².